The fourth-order valence-electron chi connectivity index (χ4n) is 4.87. The summed E-state index contributed by atoms with van der Waals surface area (Å²) < 4.78 is 34.6. The topological polar surface area (TPSA) is 87.7 Å². The summed E-state index contributed by atoms with van der Waals surface area (Å²) in [7, 11) is -3.61. The zero-order valence-corrected chi connectivity index (χ0v) is 21.6. The summed E-state index contributed by atoms with van der Waals surface area (Å²) in [6.45, 7) is 9.14. The maximum atomic E-state index is 12.8. The van der Waals surface area contributed by atoms with Gasteiger partial charge in [0.1, 0.15) is 11.4 Å². The Kier molecular flexibility index (Phi) is 8.98. The van der Waals surface area contributed by atoms with Crippen molar-refractivity contribution in [1.82, 2.24) is 14.9 Å². The Bertz CT molecular complexity index is 1190. The monoisotopic (exact) mass is 513 g/mol. The quantitative estimate of drug-likeness (QED) is 0.572. The third-order valence-electron chi connectivity index (χ3n) is 6.78. The molecule has 1 unspecified atom stereocenters. The molecule has 0 aromatic heterocycles. The number of carbonyl (C=O) groups is 1. The fraction of sp³-hybridized carbons (Fsp3) is 0.464. The minimum Gasteiger partial charge on any atom is -0.482 e. The van der Waals surface area contributed by atoms with Crippen molar-refractivity contribution in [2.75, 3.05) is 32.7 Å². The van der Waals surface area contributed by atoms with Crippen LogP contribution in [0.25, 0.3) is 5.57 Å². The molecule has 2 aromatic rings. The van der Waals surface area contributed by atoms with Crippen molar-refractivity contribution >= 4 is 21.5 Å². The molecule has 1 saturated heterocycles. The molecule has 1 spiro atoms. The largest absolute Gasteiger partial charge is 0.482 e. The number of nitrogens with zero attached hydrogens (tertiary/aromatic N) is 1. The van der Waals surface area contributed by atoms with Gasteiger partial charge in [-0.3, -0.25) is 4.79 Å². The van der Waals surface area contributed by atoms with Crippen LogP contribution in [-0.4, -0.2) is 57.5 Å². The summed E-state index contributed by atoms with van der Waals surface area (Å²) >= 11 is 0. The Hall–Kier alpha value is -2.68. The third-order valence-corrected chi connectivity index (χ3v) is 8.32. The normalized spacial score (nSPS) is 19.4. The summed E-state index contributed by atoms with van der Waals surface area (Å²) in [5.41, 5.74) is 2.80. The van der Waals surface area contributed by atoms with Crippen LogP contribution >= 0.6 is 0 Å². The first kappa shape index (κ1) is 27.9. The number of fused-ring (bicyclic) bond motifs is 1. The standard InChI is InChI=1S/C27H35N3O4S.CH4/c1-4-29-35(32,33)22-12-13-25-23(18-22)24(19-27(34-25)14-7-16-28-17-15-27)20-8-10-21(11-9-20)26(31)30(5-2)6-3;/h8-13,18-19,28-29H,4-7,14-17H2,1-3H3;1H4. The van der Waals surface area contributed by atoms with Gasteiger partial charge >= 0.3 is 0 Å². The zero-order chi connectivity index (χ0) is 25.1. The van der Waals surface area contributed by atoms with E-state index in [9.17, 15) is 13.2 Å². The van der Waals surface area contributed by atoms with Gasteiger partial charge in [0, 0.05) is 37.2 Å². The van der Waals surface area contributed by atoms with Crippen molar-refractivity contribution in [1.29, 1.82) is 0 Å². The van der Waals surface area contributed by atoms with Crippen LogP contribution in [0.2, 0.25) is 0 Å². The second-order valence-corrected chi connectivity index (χ2v) is 10.8. The van der Waals surface area contributed by atoms with Crippen LogP contribution in [0.5, 0.6) is 5.75 Å². The van der Waals surface area contributed by atoms with E-state index in [4.69, 9.17) is 4.74 Å². The number of hydrogen-bond acceptors (Lipinski definition) is 5. The maximum Gasteiger partial charge on any atom is 0.253 e. The molecule has 2 aliphatic heterocycles. The number of hydrogen-bond donors (Lipinski definition) is 2. The van der Waals surface area contributed by atoms with Crippen molar-refractivity contribution in [2.45, 2.75) is 58.0 Å². The van der Waals surface area contributed by atoms with Gasteiger partial charge in [-0.1, -0.05) is 26.5 Å². The number of carbonyl (C=O) groups excluding carboxylic acids is 1. The van der Waals surface area contributed by atoms with E-state index in [2.05, 4.69) is 16.1 Å². The van der Waals surface area contributed by atoms with Crippen LogP contribution in [0.3, 0.4) is 0 Å². The van der Waals surface area contributed by atoms with Crippen molar-refractivity contribution in [2.24, 2.45) is 0 Å². The first-order valence-corrected chi connectivity index (χ1v) is 14.0. The number of sulfonamides is 1. The maximum absolute atomic E-state index is 12.8. The summed E-state index contributed by atoms with van der Waals surface area (Å²) in [5.74, 6) is 0.691. The summed E-state index contributed by atoms with van der Waals surface area (Å²) in [5, 5.41) is 3.44. The Morgan fingerprint density at radius 1 is 1.06 bits per heavy atom. The van der Waals surface area contributed by atoms with Gasteiger partial charge in [-0.25, -0.2) is 13.1 Å². The predicted octanol–water partition coefficient (Wildman–Crippen LogP) is 4.44. The number of benzene rings is 2. The van der Waals surface area contributed by atoms with E-state index >= 15 is 0 Å². The van der Waals surface area contributed by atoms with E-state index in [1.807, 2.05) is 38.1 Å². The zero-order valence-electron chi connectivity index (χ0n) is 20.8. The minimum atomic E-state index is -3.61. The number of ether oxygens (including phenoxy) is 1. The van der Waals surface area contributed by atoms with Gasteiger partial charge in [-0.2, -0.15) is 0 Å². The lowest BCUT2D eigenvalue weighted by Crippen LogP contribution is -2.37. The van der Waals surface area contributed by atoms with Crippen LogP contribution in [0.15, 0.2) is 53.4 Å². The molecule has 1 amide bonds. The first-order chi connectivity index (χ1) is 16.8. The molecule has 1 atom stereocenters. The number of amides is 1. The van der Waals surface area contributed by atoms with Gasteiger partial charge in [0.05, 0.1) is 4.90 Å². The molecule has 1 fully saturated rings. The van der Waals surface area contributed by atoms with E-state index in [1.54, 1.807) is 30.0 Å². The van der Waals surface area contributed by atoms with Crippen LogP contribution in [-0.2, 0) is 10.0 Å². The van der Waals surface area contributed by atoms with E-state index < -0.39 is 15.6 Å². The molecule has 36 heavy (non-hydrogen) atoms. The Morgan fingerprint density at radius 2 is 1.78 bits per heavy atom. The van der Waals surface area contributed by atoms with Crippen LogP contribution in [0.4, 0.5) is 0 Å². The van der Waals surface area contributed by atoms with Gasteiger partial charge in [0.15, 0.2) is 0 Å². The molecule has 2 N–H and O–H groups in total. The van der Waals surface area contributed by atoms with Crippen molar-refractivity contribution in [3.8, 4) is 5.75 Å². The van der Waals surface area contributed by atoms with Crippen LogP contribution < -0.4 is 14.8 Å². The average Bonchev–Trinajstić information content (AvgIpc) is 3.09. The molecule has 196 valence electrons. The lowest BCUT2D eigenvalue weighted by atomic mass is 9.84. The van der Waals surface area contributed by atoms with Crippen molar-refractivity contribution in [3.63, 3.8) is 0 Å². The first-order valence-electron chi connectivity index (χ1n) is 12.5. The number of rotatable bonds is 7. The molecule has 2 aliphatic rings. The average molecular weight is 514 g/mol. The lowest BCUT2D eigenvalue weighted by molar-refractivity contribution is 0.0773. The molecule has 4 rings (SSSR count). The molecule has 8 heteroatoms. The highest BCUT2D eigenvalue weighted by atomic mass is 32.2. The highest BCUT2D eigenvalue weighted by Crippen LogP contribution is 2.43. The van der Waals surface area contributed by atoms with Crippen LogP contribution in [0, 0.1) is 0 Å². The molecule has 0 aliphatic carbocycles. The highest BCUT2D eigenvalue weighted by Gasteiger charge is 2.36. The molecule has 7 nitrogen and oxygen atoms in total. The van der Waals surface area contributed by atoms with E-state index in [0.29, 0.717) is 30.9 Å². The van der Waals surface area contributed by atoms with Crippen molar-refractivity contribution in [3.05, 3.63) is 65.2 Å². The number of nitrogens with one attached hydrogen (secondary N) is 2. The predicted molar refractivity (Wildman–Crippen MR) is 145 cm³/mol. The van der Waals surface area contributed by atoms with Crippen molar-refractivity contribution < 1.29 is 17.9 Å². The molecular formula is C28H39N3O4S. The summed E-state index contributed by atoms with van der Waals surface area (Å²) in [6.07, 6.45) is 4.85. The summed E-state index contributed by atoms with van der Waals surface area (Å²) in [4.78, 5) is 14.8. The second kappa shape index (κ2) is 11.6. The molecule has 0 radical (unpaired) electrons. The fourth-order valence-corrected chi connectivity index (χ4v) is 5.94. The van der Waals surface area contributed by atoms with E-state index in [0.717, 1.165) is 49.1 Å². The van der Waals surface area contributed by atoms with Gasteiger partial charge in [0.2, 0.25) is 10.0 Å². The Labute approximate surface area is 216 Å². The molecule has 0 saturated carbocycles. The molecular weight excluding hydrogens is 474 g/mol. The van der Waals surface area contributed by atoms with Gasteiger partial charge in [0.25, 0.3) is 5.91 Å². The second-order valence-electron chi connectivity index (χ2n) is 9.04. The smallest absolute Gasteiger partial charge is 0.253 e. The van der Waals surface area contributed by atoms with Crippen LogP contribution in [0.1, 0.15) is 68.9 Å². The van der Waals surface area contributed by atoms with Gasteiger partial charge in [-0.05, 0) is 87.3 Å². The molecule has 2 heterocycles. The van der Waals surface area contributed by atoms with Gasteiger partial charge < -0.3 is 15.0 Å². The minimum absolute atomic E-state index is 0. The SMILES string of the molecule is C.CCNS(=O)(=O)c1ccc2c(c1)C(c1ccc(C(=O)N(CC)CC)cc1)=CC1(CCCNCC1)O2. The highest BCUT2D eigenvalue weighted by molar-refractivity contribution is 7.89. The van der Waals surface area contributed by atoms with Gasteiger partial charge in [-0.15, -0.1) is 0 Å². The summed E-state index contributed by atoms with van der Waals surface area (Å²) in [6, 6.07) is 12.7. The molecule has 2 aromatic carbocycles. The third kappa shape index (κ3) is 5.66. The Morgan fingerprint density at radius 3 is 2.44 bits per heavy atom. The van der Waals surface area contributed by atoms with E-state index in [1.165, 1.54) is 0 Å². The Balaban J connectivity index is 0.00000361. The van der Waals surface area contributed by atoms with E-state index in [-0.39, 0.29) is 18.2 Å². The lowest BCUT2D eigenvalue weighted by Gasteiger charge is -2.36. The molecule has 0 bridgehead atoms.